The molecule has 2 aliphatic heterocycles. The minimum atomic E-state index is -0.290. The van der Waals surface area contributed by atoms with Gasteiger partial charge < -0.3 is 18.9 Å². The van der Waals surface area contributed by atoms with Crippen molar-refractivity contribution < 1.29 is 18.8 Å². The summed E-state index contributed by atoms with van der Waals surface area (Å²) < 4.78 is 17.2. The maximum Gasteiger partial charge on any atom is 0.259 e. The highest BCUT2D eigenvalue weighted by molar-refractivity contribution is 5.96. The van der Waals surface area contributed by atoms with Gasteiger partial charge in [-0.05, 0) is 32.4 Å². The fourth-order valence-corrected chi connectivity index (χ4v) is 3.77. The summed E-state index contributed by atoms with van der Waals surface area (Å²) >= 11 is 0. The average Bonchev–Trinajstić information content (AvgIpc) is 2.97. The molecule has 2 aromatic heterocycles. The summed E-state index contributed by atoms with van der Waals surface area (Å²) in [6.07, 6.45) is 3.56. The van der Waals surface area contributed by atoms with Gasteiger partial charge in [-0.1, -0.05) is 11.2 Å². The minimum Gasteiger partial charge on any atom is -0.372 e. The molecular weight excluding hydrogens is 334 g/mol. The monoisotopic (exact) mass is 357 g/mol. The maximum atomic E-state index is 12.7. The van der Waals surface area contributed by atoms with E-state index in [1.165, 1.54) is 0 Å². The number of aromatic nitrogens is 2. The van der Waals surface area contributed by atoms with Gasteiger partial charge in [-0.15, -0.1) is 0 Å². The number of pyridine rings is 1. The Morgan fingerprint density at radius 1 is 1.38 bits per heavy atom. The summed E-state index contributed by atoms with van der Waals surface area (Å²) in [5, 5.41) is 3.87. The summed E-state index contributed by atoms with van der Waals surface area (Å²) in [6, 6.07) is 5.82. The Bertz CT molecular complexity index is 764. The standard InChI is InChI=1S/C19H23N3O4/c1-13-17(14(2)26-21-13)18(23)22-11-19(12-22)9-16(6-8-25-19)24-10-15-5-3-4-7-20-15/h3-5,7,16H,6,8-12H2,1-2H3/t16-/m1/s1. The Balaban J connectivity index is 1.33. The number of hydrogen-bond acceptors (Lipinski definition) is 6. The SMILES string of the molecule is Cc1noc(C)c1C(=O)N1CC2(C[C@H](OCc3ccccn3)CCO2)C1. The molecule has 7 heteroatoms. The largest absolute Gasteiger partial charge is 0.372 e. The first kappa shape index (κ1) is 17.2. The molecule has 1 atom stereocenters. The van der Waals surface area contributed by atoms with Crippen molar-refractivity contribution in [3.63, 3.8) is 0 Å². The van der Waals surface area contributed by atoms with Gasteiger partial charge in [-0.2, -0.15) is 0 Å². The maximum absolute atomic E-state index is 12.7. The van der Waals surface area contributed by atoms with Crippen molar-refractivity contribution in [2.45, 2.75) is 45.0 Å². The topological polar surface area (TPSA) is 77.7 Å². The van der Waals surface area contributed by atoms with E-state index in [0.717, 1.165) is 18.5 Å². The molecule has 1 amide bonds. The number of amides is 1. The molecule has 138 valence electrons. The van der Waals surface area contributed by atoms with Crippen LogP contribution in [0.1, 0.15) is 40.3 Å². The van der Waals surface area contributed by atoms with Crippen LogP contribution in [0.25, 0.3) is 0 Å². The van der Waals surface area contributed by atoms with Gasteiger partial charge in [0.05, 0.1) is 37.2 Å². The summed E-state index contributed by atoms with van der Waals surface area (Å²) in [5.74, 6) is 0.529. The third-order valence-electron chi connectivity index (χ3n) is 5.13. The molecule has 0 unspecified atom stereocenters. The van der Waals surface area contributed by atoms with E-state index in [0.29, 0.717) is 43.3 Å². The Kier molecular flexibility index (Phi) is 4.50. The van der Waals surface area contributed by atoms with E-state index in [2.05, 4.69) is 10.1 Å². The first-order chi connectivity index (χ1) is 12.6. The van der Waals surface area contributed by atoms with E-state index in [9.17, 15) is 4.79 Å². The molecule has 0 bridgehead atoms. The van der Waals surface area contributed by atoms with Crippen LogP contribution in [0.15, 0.2) is 28.9 Å². The van der Waals surface area contributed by atoms with E-state index in [1.807, 2.05) is 18.2 Å². The summed E-state index contributed by atoms with van der Waals surface area (Å²) in [5.41, 5.74) is 1.84. The third kappa shape index (κ3) is 3.24. The molecule has 4 heterocycles. The number of nitrogens with zero attached hydrogens (tertiary/aromatic N) is 3. The van der Waals surface area contributed by atoms with Crippen molar-refractivity contribution in [2.75, 3.05) is 19.7 Å². The lowest BCUT2D eigenvalue weighted by molar-refractivity contribution is -0.188. The van der Waals surface area contributed by atoms with Gasteiger partial charge >= 0.3 is 0 Å². The van der Waals surface area contributed by atoms with Gasteiger partial charge in [0, 0.05) is 19.2 Å². The number of ether oxygens (including phenoxy) is 2. The predicted molar refractivity (Wildman–Crippen MR) is 92.6 cm³/mol. The quantitative estimate of drug-likeness (QED) is 0.835. The van der Waals surface area contributed by atoms with E-state index in [-0.39, 0.29) is 17.6 Å². The van der Waals surface area contributed by atoms with E-state index >= 15 is 0 Å². The lowest BCUT2D eigenvalue weighted by atomic mass is 9.84. The highest BCUT2D eigenvalue weighted by Crippen LogP contribution is 2.36. The van der Waals surface area contributed by atoms with Gasteiger partial charge in [0.2, 0.25) is 0 Å². The van der Waals surface area contributed by atoms with Crippen molar-refractivity contribution in [3.05, 3.63) is 47.1 Å². The molecule has 1 spiro atoms. The molecule has 2 aliphatic rings. The normalized spacial score (nSPS) is 21.6. The zero-order valence-electron chi connectivity index (χ0n) is 15.1. The Hall–Kier alpha value is -2.25. The van der Waals surface area contributed by atoms with Gasteiger partial charge in [0.15, 0.2) is 0 Å². The molecule has 2 fully saturated rings. The van der Waals surface area contributed by atoms with Crippen molar-refractivity contribution in [3.8, 4) is 0 Å². The van der Waals surface area contributed by atoms with Crippen molar-refractivity contribution >= 4 is 5.91 Å². The second-order valence-corrected chi connectivity index (χ2v) is 7.14. The predicted octanol–water partition coefficient (Wildman–Crippen LogP) is 2.28. The minimum absolute atomic E-state index is 0.0352. The van der Waals surface area contributed by atoms with E-state index < -0.39 is 0 Å². The Morgan fingerprint density at radius 3 is 2.92 bits per heavy atom. The summed E-state index contributed by atoms with van der Waals surface area (Å²) in [6.45, 7) is 5.88. The molecule has 0 aliphatic carbocycles. The van der Waals surface area contributed by atoms with Crippen LogP contribution in [-0.4, -0.2) is 52.3 Å². The van der Waals surface area contributed by atoms with Crippen LogP contribution in [0.2, 0.25) is 0 Å². The van der Waals surface area contributed by atoms with Crippen LogP contribution in [0.5, 0.6) is 0 Å². The number of carbonyl (C=O) groups is 1. The molecular formula is C19H23N3O4. The lowest BCUT2D eigenvalue weighted by Crippen LogP contribution is -2.67. The third-order valence-corrected chi connectivity index (χ3v) is 5.13. The van der Waals surface area contributed by atoms with Crippen LogP contribution >= 0.6 is 0 Å². The molecule has 4 rings (SSSR count). The summed E-state index contributed by atoms with van der Waals surface area (Å²) in [4.78, 5) is 18.8. The van der Waals surface area contributed by atoms with Gasteiger partial charge in [0.1, 0.15) is 16.9 Å². The second-order valence-electron chi connectivity index (χ2n) is 7.14. The zero-order chi connectivity index (χ0) is 18.1. The second kappa shape index (κ2) is 6.81. The number of aryl methyl sites for hydroxylation is 2. The van der Waals surface area contributed by atoms with Crippen LogP contribution in [0, 0.1) is 13.8 Å². The highest BCUT2D eigenvalue weighted by Gasteiger charge is 2.50. The van der Waals surface area contributed by atoms with Gasteiger partial charge in [-0.3, -0.25) is 9.78 Å². The molecule has 26 heavy (non-hydrogen) atoms. The van der Waals surface area contributed by atoms with Crippen molar-refractivity contribution in [2.24, 2.45) is 0 Å². The van der Waals surface area contributed by atoms with Crippen molar-refractivity contribution in [1.82, 2.24) is 15.0 Å². The zero-order valence-corrected chi connectivity index (χ0v) is 15.1. The molecule has 2 saturated heterocycles. The van der Waals surface area contributed by atoms with Crippen LogP contribution in [0.4, 0.5) is 0 Å². The van der Waals surface area contributed by atoms with Gasteiger partial charge in [0.25, 0.3) is 5.91 Å². The first-order valence-electron chi connectivity index (χ1n) is 8.94. The molecule has 0 saturated carbocycles. The fraction of sp³-hybridized carbons (Fsp3) is 0.526. The molecule has 0 aromatic carbocycles. The van der Waals surface area contributed by atoms with Crippen LogP contribution < -0.4 is 0 Å². The van der Waals surface area contributed by atoms with Crippen molar-refractivity contribution in [1.29, 1.82) is 0 Å². The molecule has 0 N–H and O–H groups in total. The smallest absolute Gasteiger partial charge is 0.259 e. The van der Waals surface area contributed by atoms with Crippen LogP contribution in [0.3, 0.4) is 0 Å². The number of hydrogen-bond donors (Lipinski definition) is 0. The number of rotatable bonds is 4. The lowest BCUT2D eigenvalue weighted by Gasteiger charge is -2.52. The number of carbonyl (C=O) groups excluding carboxylic acids is 1. The fourth-order valence-electron chi connectivity index (χ4n) is 3.77. The van der Waals surface area contributed by atoms with Crippen LogP contribution in [-0.2, 0) is 16.1 Å². The molecule has 0 radical (unpaired) electrons. The highest BCUT2D eigenvalue weighted by atomic mass is 16.5. The Morgan fingerprint density at radius 2 is 2.23 bits per heavy atom. The first-order valence-corrected chi connectivity index (χ1v) is 8.94. The van der Waals surface area contributed by atoms with Gasteiger partial charge in [-0.25, -0.2) is 0 Å². The summed E-state index contributed by atoms with van der Waals surface area (Å²) in [7, 11) is 0. The molecule has 2 aromatic rings. The average molecular weight is 357 g/mol. The molecule has 7 nitrogen and oxygen atoms in total. The number of likely N-dealkylation sites (tertiary alicyclic amines) is 1. The van der Waals surface area contributed by atoms with E-state index in [4.69, 9.17) is 14.0 Å². The van der Waals surface area contributed by atoms with E-state index in [1.54, 1.807) is 24.9 Å². The Labute approximate surface area is 152 Å².